The van der Waals surface area contributed by atoms with Crippen LogP contribution in [-0.2, 0) is 11.3 Å². The maximum atomic E-state index is 13.6. The Morgan fingerprint density at radius 1 is 1.23 bits per heavy atom. The number of hydrogen-bond donors (Lipinski definition) is 1. The molecular weight excluding hydrogens is 333 g/mol. The average Bonchev–Trinajstić information content (AvgIpc) is 2.99. The molecule has 26 heavy (non-hydrogen) atoms. The van der Waals surface area contributed by atoms with Crippen molar-refractivity contribution in [2.45, 2.75) is 6.54 Å². The van der Waals surface area contributed by atoms with Crippen LogP contribution in [0.5, 0.6) is 5.75 Å². The number of benzene rings is 2. The lowest BCUT2D eigenvalue weighted by Crippen LogP contribution is -2.12. The lowest BCUT2D eigenvalue weighted by atomic mass is 10.1. The zero-order chi connectivity index (χ0) is 18.5. The van der Waals surface area contributed by atoms with Gasteiger partial charge in [-0.15, -0.1) is 0 Å². The number of para-hydroxylation sites is 2. The molecule has 0 saturated carbocycles. The van der Waals surface area contributed by atoms with E-state index in [4.69, 9.17) is 15.7 Å². The van der Waals surface area contributed by atoms with Gasteiger partial charge in [-0.05, 0) is 24.3 Å². The fourth-order valence-electron chi connectivity index (χ4n) is 2.70. The van der Waals surface area contributed by atoms with Gasteiger partial charge in [0.05, 0.1) is 6.54 Å². The summed E-state index contributed by atoms with van der Waals surface area (Å²) in [5.74, 6) is -0.981. The Bertz CT molecular complexity index is 1030. The standard InChI is InChI=1S/C20H16FN3O2/c21-17-6-2-4-8-19(17)26-10-9-24-13-15(11-14(12-22)20(23)25)16-5-1-3-7-18(16)24/h1-8,11,13H,9-10H2,(H2,23,25)/b14-11-. The van der Waals surface area contributed by atoms with Crippen LogP contribution in [0.4, 0.5) is 4.39 Å². The van der Waals surface area contributed by atoms with Crippen LogP contribution in [-0.4, -0.2) is 17.1 Å². The smallest absolute Gasteiger partial charge is 0.259 e. The highest BCUT2D eigenvalue weighted by molar-refractivity contribution is 6.03. The van der Waals surface area contributed by atoms with Crippen LogP contribution < -0.4 is 10.5 Å². The van der Waals surface area contributed by atoms with E-state index in [1.165, 1.54) is 12.1 Å². The Labute approximate surface area is 149 Å². The Kier molecular flexibility index (Phi) is 4.99. The van der Waals surface area contributed by atoms with Gasteiger partial charge in [0.25, 0.3) is 5.91 Å². The van der Waals surface area contributed by atoms with Crippen molar-refractivity contribution in [2.24, 2.45) is 5.73 Å². The third kappa shape index (κ3) is 3.57. The van der Waals surface area contributed by atoms with Crippen LogP contribution >= 0.6 is 0 Å². The van der Waals surface area contributed by atoms with Gasteiger partial charge in [0, 0.05) is 22.7 Å². The second-order valence-corrected chi connectivity index (χ2v) is 5.61. The van der Waals surface area contributed by atoms with Gasteiger partial charge in [-0.1, -0.05) is 30.3 Å². The van der Waals surface area contributed by atoms with Crippen molar-refractivity contribution in [3.63, 3.8) is 0 Å². The number of carbonyl (C=O) groups excluding carboxylic acids is 1. The molecule has 130 valence electrons. The molecule has 5 nitrogen and oxygen atoms in total. The molecule has 0 saturated heterocycles. The minimum absolute atomic E-state index is 0.115. The molecule has 1 heterocycles. The van der Waals surface area contributed by atoms with Crippen molar-refractivity contribution in [3.8, 4) is 11.8 Å². The van der Waals surface area contributed by atoms with E-state index in [0.717, 1.165) is 10.9 Å². The molecule has 0 aliphatic carbocycles. The van der Waals surface area contributed by atoms with Crippen molar-refractivity contribution in [1.29, 1.82) is 5.26 Å². The lowest BCUT2D eigenvalue weighted by molar-refractivity contribution is -0.114. The van der Waals surface area contributed by atoms with Crippen LogP contribution in [0.1, 0.15) is 5.56 Å². The fraction of sp³-hybridized carbons (Fsp3) is 0.100. The summed E-state index contributed by atoms with van der Waals surface area (Å²) in [6, 6.07) is 15.6. The summed E-state index contributed by atoms with van der Waals surface area (Å²) in [5.41, 5.74) is 6.72. The van der Waals surface area contributed by atoms with Crippen molar-refractivity contribution in [2.75, 3.05) is 6.61 Å². The Hall–Kier alpha value is -3.59. The maximum absolute atomic E-state index is 13.6. The van der Waals surface area contributed by atoms with Crippen molar-refractivity contribution in [3.05, 3.63) is 71.7 Å². The number of nitrogens with zero attached hydrogens (tertiary/aromatic N) is 2. The monoisotopic (exact) mass is 349 g/mol. The predicted octanol–water partition coefficient (Wildman–Crippen LogP) is 3.25. The Balaban J connectivity index is 1.86. The number of nitrogens with two attached hydrogens (primary N) is 1. The first kappa shape index (κ1) is 17.2. The number of primary amides is 1. The third-order valence-electron chi connectivity index (χ3n) is 3.93. The van der Waals surface area contributed by atoms with E-state index in [1.54, 1.807) is 24.3 Å². The number of hydrogen-bond acceptors (Lipinski definition) is 3. The topological polar surface area (TPSA) is 81.0 Å². The zero-order valence-corrected chi connectivity index (χ0v) is 13.9. The SMILES string of the molecule is N#C/C(=C/c1cn(CCOc2ccccc2F)c2ccccc12)C(N)=O. The lowest BCUT2D eigenvalue weighted by Gasteiger charge is -2.08. The summed E-state index contributed by atoms with van der Waals surface area (Å²) < 4.78 is 21.0. The predicted molar refractivity (Wildman–Crippen MR) is 96.6 cm³/mol. The average molecular weight is 349 g/mol. The van der Waals surface area contributed by atoms with Crippen molar-refractivity contribution >= 4 is 22.9 Å². The van der Waals surface area contributed by atoms with Gasteiger partial charge in [-0.3, -0.25) is 4.79 Å². The molecule has 6 heteroatoms. The van der Waals surface area contributed by atoms with Gasteiger partial charge in [0.1, 0.15) is 18.2 Å². The number of carbonyl (C=O) groups is 1. The molecule has 0 bridgehead atoms. The minimum Gasteiger partial charge on any atom is -0.489 e. The highest BCUT2D eigenvalue weighted by Crippen LogP contribution is 2.24. The number of ether oxygens (including phenoxy) is 1. The van der Waals surface area contributed by atoms with E-state index in [0.29, 0.717) is 12.1 Å². The molecule has 3 rings (SSSR count). The van der Waals surface area contributed by atoms with E-state index in [9.17, 15) is 9.18 Å². The summed E-state index contributed by atoms with van der Waals surface area (Å²) in [7, 11) is 0. The van der Waals surface area contributed by atoms with Crippen LogP contribution in [0.15, 0.2) is 60.3 Å². The van der Waals surface area contributed by atoms with E-state index >= 15 is 0 Å². The number of halogens is 1. The number of fused-ring (bicyclic) bond motifs is 1. The molecule has 1 aromatic heterocycles. The summed E-state index contributed by atoms with van der Waals surface area (Å²) in [4.78, 5) is 11.3. The van der Waals surface area contributed by atoms with Gasteiger partial charge in [-0.2, -0.15) is 5.26 Å². The highest BCUT2D eigenvalue weighted by Gasteiger charge is 2.10. The van der Waals surface area contributed by atoms with Gasteiger partial charge >= 0.3 is 0 Å². The first-order valence-electron chi connectivity index (χ1n) is 7.97. The van der Waals surface area contributed by atoms with Crippen molar-refractivity contribution in [1.82, 2.24) is 4.57 Å². The van der Waals surface area contributed by atoms with E-state index in [-0.39, 0.29) is 17.9 Å². The molecule has 0 unspecified atom stereocenters. The molecule has 2 N–H and O–H groups in total. The fourth-order valence-corrected chi connectivity index (χ4v) is 2.70. The van der Waals surface area contributed by atoms with Gasteiger partial charge in [-0.25, -0.2) is 4.39 Å². The summed E-state index contributed by atoms with van der Waals surface area (Å²) in [6.45, 7) is 0.741. The number of amides is 1. The normalized spacial score (nSPS) is 11.3. The number of aromatic nitrogens is 1. The van der Waals surface area contributed by atoms with Gasteiger partial charge in [0.15, 0.2) is 11.6 Å². The molecule has 3 aromatic rings. The largest absolute Gasteiger partial charge is 0.489 e. The minimum atomic E-state index is -0.771. The second kappa shape index (κ2) is 7.53. The molecule has 1 amide bonds. The van der Waals surface area contributed by atoms with Crippen LogP contribution in [0.3, 0.4) is 0 Å². The van der Waals surface area contributed by atoms with E-state index in [1.807, 2.05) is 35.0 Å². The number of nitriles is 1. The molecule has 0 radical (unpaired) electrons. The van der Waals surface area contributed by atoms with Crippen LogP contribution in [0.25, 0.3) is 17.0 Å². The first-order valence-corrected chi connectivity index (χ1v) is 7.97. The molecule has 2 aromatic carbocycles. The summed E-state index contributed by atoms with van der Waals surface area (Å²) in [5, 5.41) is 9.93. The molecular formula is C20H16FN3O2. The third-order valence-corrected chi connectivity index (χ3v) is 3.93. The van der Waals surface area contributed by atoms with Gasteiger partial charge in [0.2, 0.25) is 0 Å². The molecule has 0 fully saturated rings. The number of rotatable bonds is 6. The van der Waals surface area contributed by atoms with Crippen molar-refractivity contribution < 1.29 is 13.9 Å². The quantitative estimate of drug-likeness (QED) is 0.548. The summed E-state index contributed by atoms with van der Waals surface area (Å²) in [6.07, 6.45) is 3.29. The van der Waals surface area contributed by atoms with Crippen LogP contribution in [0, 0.1) is 17.1 Å². The highest BCUT2D eigenvalue weighted by atomic mass is 19.1. The van der Waals surface area contributed by atoms with E-state index < -0.39 is 11.7 Å². The summed E-state index contributed by atoms with van der Waals surface area (Å²) >= 11 is 0. The van der Waals surface area contributed by atoms with Crippen LogP contribution in [0.2, 0.25) is 0 Å². The maximum Gasteiger partial charge on any atom is 0.259 e. The molecule has 0 atom stereocenters. The Morgan fingerprint density at radius 3 is 2.69 bits per heavy atom. The first-order chi connectivity index (χ1) is 12.6. The van der Waals surface area contributed by atoms with E-state index in [2.05, 4.69) is 0 Å². The van der Waals surface area contributed by atoms with Gasteiger partial charge < -0.3 is 15.0 Å². The molecule has 0 spiro atoms. The Morgan fingerprint density at radius 2 is 1.96 bits per heavy atom. The molecule has 0 aliphatic rings. The zero-order valence-electron chi connectivity index (χ0n) is 13.9. The second-order valence-electron chi connectivity index (χ2n) is 5.61. The molecule has 0 aliphatic heterocycles.